The number of hydrogen-bond donors (Lipinski definition) is 0. The standard InChI is InChI=1S/C42H32O.C38H23FO.C38H24O/c1-42(2,3)30-16-11-15-28(25-30)31-21-12-22-38-41(31)36-26-29(23-24-37(36)43-38)40-34-19-9-7-17-32(34)39(27-13-5-4-6-14-27)33-18-8-10-20-35(33)40;39-28-12-8-11-25(21-28)26-17-19-29-34-22-27(18-20-35(34)40-36(29)23-26)38-32-15-6-4-13-30(32)37(24-9-2-1-3-10-24)31-14-5-7-16-33(31)38;1-3-11-25(12-4-1)27-19-21-35-33(23-27)34-24-28(20-22-36(34)39-35)38-31-17-9-7-15-29(31)37(26-13-5-2-6-14-26)30-16-8-10-18-32(30)38/h4-26H,1-3H3;1-23H;1-24H/i7D,8D,9D,10D,17D,18D,19D,20D;1D,2D,3D,4D,5D,6D,7D,9D,10D,13D,14D,15D,16D;1D,2D,3D,4D,5D,6D,7D,8D,9D,10D,11D,12D,13D,14D,15D,16D,17D,18D. The minimum atomic E-state index is -0.765. The molecule has 0 atom stereocenters. The van der Waals surface area contributed by atoms with Crippen LogP contribution in [0.1, 0.15) is 79.8 Å². The molecule has 24 rings (SSSR count). The topological polar surface area (TPSA) is 39.4 Å². The van der Waals surface area contributed by atoms with E-state index >= 15 is 0 Å². The summed E-state index contributed by atoms with van der Waals surface area (Å²) >= 11 is 0. The van der Waals surface area contributed by atoms with E-state index in [1.54, 1.807) is 109 Å². The highest BCUT2D eigenvalue weighted by Crippen LogP contribution is 2.51. The molecular formula is C118H79FO3. The van der Waals surface area contributed by atoms with Crippen LogP contribution < -0.4 is 0 Å². The Morgan fingerprint density at radius 2 is 0.525 bits per heavy atom. The Bertz CT molecular complexity index is 10500. The van der Waals surface area contributed by atoms with Crippen molar-refractivity contribution in [2.24, 2.45) is 0 Å². The Labute approximate surface area is 760 Å². The van der Waals surface area contributed by atoms with Gasteiger partial charge in [0.15, 0.2) is 0 Å². The monoisotopic (exact) mass is 1600 g/mol. The van der Waals surface area contributed by atoms with Crippen LogP contribution in [-0.4, -0.2) is 0 Å². The van der Waals surface area contributed by atoms with Crippen molar-refractivity contribution in [3.63, 3.8) is 0 Å². The first-order valence-corrected chi connectivity index (χ1v) is 38.7. The first-order valence-electron chi connectivity index (χ1n) is 58.2. The lowest BCUT2D eigenvalue weighted by molar-refractivity contribution is 0.590. The molecule has 4 heteroatoms. The van der Waals surface area contributed by atoms with E-state index in [0.29, 0.717) is 94.0 Å². The van der Waals surface area contributed by atoms with Gasteiger partial charge in [-0.25, -0.2) is 4.39 Å². The van der Waals surface area contributed by atoms with E-state index in [4.69, 9.17) is 58.5 Å². The fraction of sp³-hybridized carbons (Fsp3) is 0.0339. The molecule has 21 aromatic carbocycles. The van der Waals surface area contributed by atoms with E-state index in [2.05, 4.69) is 51.1 Å². The van der Waals surface area contributed by atoms with E-state index in [0.717, 1.165) is 21.9 Å². The van der Waals surface area contributed by atoms with Gasteiger partial charge in [-0.2, -0.15) is 0 Å². The molecule has 576 valence electrons. The lowest BCUT2D eigenvalue weighted by Crippen LogP contribution is -2.10. The van der Waals surface area contributed by atoms with E-state index < -0.39 is 234 Å². The van der Waals surface area contributed by atoms with Crippen molar-refractivity contribution in [1.29, 1.82) is 0 Å². The third kappa shape index (κ3) is 12.8. The molecule has 0 aliphatic carbocycles. The van der Waals surface area contributed by atoms with Gasteiger partial charge in [-0.3, -0.25) is 0 Å². The summed E-state index contributed by atoms with van der Waals surface area (Å²) in [6, 6.07) is 31.5. The smallest absolute Gasteiger partial charge is 0.136 e. The molecular weight excluding hydrogens is 1480 g/mol. The summed E-state index contributed by atoms with van der Waals surface area (Å²) in [6.45, 7) is 6.52. The molecule has 0 aliphatic heterocycles. The highest BCUT2D eigenvalue weighted by atomic mass is 19.1. The average molecular weight is 1600 g/mol. The van der Waals surface area contributed by atoms with Gasteiger partial charge in [-0.1, -0.05) is 366 Å². The van der Waals surface area contributed by atoms with Crippen molar-refractivity contribution in [3.05, 3.63) is 435 Å². The fourth-order valence-electron chi connectivity index (χ4n) is 16.5. The molecule has 0 saturated carbocycles. The molecule has 0 N–H and O–H groups in total. The Morgan fingerprint density at radius 3 is 0.975 bits per heavy atom. The SMILES string of the molecule is [2H]c1c([2H])c([2H])c(-c2c3c([2H])c([2H])c([2H])c([2H])c3c(-c3ccc4oc5cc(-c6cccc(F)c6)ccc5c4c3)c3c([2H])c([2H])c([2H])c([2H])c23)c([2H])c1[2H].[2H]c1c([2H])c([2H])c(-c2ccc3oc4ccc(-c5c6c([2H])c([2H])c([2H])c([2H])c6c(-c6c([2H])c([2H])c([2H])c([2H])c6[2H])c6c([2H])c([2H])c([2H])c([2H])c56)cc4c3c2)c([2H])c1[2H].[2H]c1c([2H])c([2H])c2c(-c3ccc4oc5cccc(-c6cccc(C(C)(C)C)c6)c5c4c3)c3c([2H])c([2H])c([2H])c([2H])c3c(-c3ccccc3)c2c1[2H]. The van der Waals surface area contributed by atoms with Crippen LogP contribution in [0.15, 0.2) is 437 Å². The summed E-state index contributed by atoms with van der Waals surface area (Å²) in [7, 11) is 0. The number of benzene rings is 21. The molecule has 0 unspecified atom stereocenters. The van der Waals surface area contributed by atoms with Crippen molar-refractivity contribution in [2.75, 3.05) is 0 Å². The molecule has 0 radical (unpaired) electrons. The molecule has 3 aromatic heterocycles. The predicted molar refractivity (Wildman–Crippen MR) is 514 cm³/mol. The third-order valence-corrected chi connectivity index (χ3v) is 22.0. The van der Waals surface area contributed by atoms with Crippen molar-refractivity contribution in [1.82, 2.24) is 0 Å². The van der Waals surface area contributed by atoms with Gasteiger partial charge in [0, 0.05) is 32.3 Å². The number of rotatable bonds is 9. The molecule has 0 amide bonds. The molecule has 0 aliphatic rings. The van der Waals surface area contributed by atoms with Crippen molar-refractivity contribution in [3.8, 4) is 100 Å². The van der Waals surface area contributed by atoms with E-state index in [9.17, 15) is 12.6 Å². The second kappa shape index (κ2) is 30.1. The van der Waals surface area contributed by atoms with Crippen LogP contribution in [-0.2, 0) is 5.41 Å². The first kappa shape index (κ1) is 42.8. The summed E-state index contributed by atoms with van der Waals surface area (Å²) in [4.78, 5) is 0. The molecule has 24 aromatic rings. The summed E-state index contributed by atoms with van der Waals surface area (Å²) in [6.07, 6.45) is 0. The number of hydrogen-bond acceptors (Lipinski definition) is 3. The van der Waals surface area contributed by atoms with E-state index in [1.807, 2.05) is 30.3 Å². The normalized spacial score (nSPS) is 16.2. The van der Waals surface area contributed by atoms with E-state index in [1.165, 1.54) is 23.8 Å². The zero-order chi connectivity index (χ0) is 115. The Kier molecular flexibility index (Phi) is 10.6. The van der Waals surface area contributed by atoms with E-state index in [-0.39, 0.29) is 128 Å². The summed E-state index contributed by atoms with van der Waals surface area (Å²) in [5.74, 6) is -0.398. The zero-order valence-corrected chi connectivity index (χ0v) is 64.5. The van der Waals surface area contributed by atoms with Gasteiger partial charge >= 0.3 is 0 Å². The van der Waals surface area contributed by atoms with Gasteiger partial charge in [0.2, 0.25) is 0 Å². The second-order valence-electron chi connectivity index (χ2n) is 30.0. The molecule has 0 spiro atoms. The molecule has 122 heavy (non-hydrogen) atoms. The third-order valence-electron chi connectivity index (χ3n) is 22.0. The number of furan rings is 3. The number of fused-ring (bicyclic) bond motifs is 15. The molecule has 3 nitrogen and oxygen atoms in total. The summed E-state index contributed by atoms with van der Waals surface area (Å²) < 4.78 is 373. The Morgan fingerprint density at radius 1 is 0.205 bits per heavy atom. The first-order chi connectivity index (χ1) is 76.2. The second-order valence-corrected chi connectivity index (χ2v) is 30.0. The highest BCUT2D eigenvalue weighted by Gasteiger charge is 2.25. The summed E-state index contributed by atoms with van der Waals surface area (Å²) in [5, 5.41) is 2.37. The fourth-order valence-corrected chi connectivity index (χ4v) is 16.5. The van der Waals surface area contributed by atoms with Crippen molar-refractivity contribution < 1.29 is 71.1 Å². The molecule has 0 saturated heterocycles. The minimum Gasteiger partial charge on any atom is -0.456 e. The van der Waals surface area contributed by atoms with Crippen LogP contribution in [0.4, 0.5) is 4.39 Å². The van der Waals surface area contributed by atoms with Crippen LogP contribution in [0.25, 0.3) is 231 Å². The largest absolute Gasteiger partial charge is 0.456 e. The van der Waals surface area contributed by atoms with Gasteiger partial charge in [-0.15, -0.1) is 0 Å². The van der Waals surface area contributed by atoms with Gasteiger partial charge < -0.3 is 13.3 Å². The van der Waals surface area contributed by atoms with Crippen LogP contribution in [0.2, 0.25) is 0 Å². The lowest BCUT2D eigenvalue weighted by Gasteiger charge is -2.20. The highest BCUT2D eigenvalue weighted by molar-refractivity contribution is 6.26. The van der Waals surface area contributed by atoms with Crippen LogP contribution >= 0.6 is 0 Å². The van der Waals surface area contributed by atoms with Gasteiger partial charge in [0.1, 0.15) is 39.3 Å². The molecule has 3 heterocycles. The Hall–Kier alpha value is -15.5. The van der Waals surface area contributed by atoms with Gasteiger partial charge in [0.25, 0.3) is 0 Å². The average Bonchev–Trinajstić information content (AvgIpc) is 1.57. The van der Waals surface area contributed by atoms with Gasteiger partial charge in [-0.05, 0) is 255 Å². The van der Waals surface area contributed by atoms with Crippen LogP contribution in [0, 0.1) is 5.82 Å². The zero-order valence-electron chi connectivity index (χ0n) is 104. The minimum absolute atomic E-state index is 0.0257. The summed E-state index contributed by atoms with van der Waals surface area (Å²) in [5.41, 5.74) is 8.00. The van der Waals surface area contributed by atoms with Gasteiger partial charge in [0.05, 0.1) is 53.5 Å². The van der Waals surface area contributed by atoms with Crippen molar-refractivity contribution >= 4 is 130 Å². The Balaban J connectivity index is 0.000000134. The lowest BCUT2D eigenvalue weighted by atomic mass is 9.84. The maximum atomic E-state index is 14.0. The number of halogens is 1. The molecule has 0 bridgehead atoms. The maximum Gasteiger partial charge on any atom is 0.136 e. The van der Waals surface area contributed by atoms with Crippen LogP contribution in [0.3, 0.4) is 0 Å². The maximum absolute atomic E-state index is 14.0. The quantitative estimate of drug-likeness (QED) is 0.135. The van der Waals surface area contributed by atoms with Crippen molar-refractivity contribution in [2.45, 2.75) is 26.2 Å². The predicted octanol–water partition coefficient (Wildman–Crippen LogP) is 34.1. The van der Waals surface area contributed by atoms with Crippen LogP contribution in [0.5, 0.6) is 0 Å². The molecule has 0 fully saturated rings.